The van der Waals surface area contributed by atoms with Gasteiger partial charge in [-0.15, -0.1) is 0 Å². The number of nitrogens with one attached hydrogen (secondary N) is 1. The molecular formula is C20H20F3N5O4S. The van der Waals surface area contributed by atoms with Gasteiger partial charge >= 0.3 is 6.61 Å². The molecule has 1 saturated heterocycles. The Morgan fingerprint density at radius 2 is 2.21 bits per heavy atom. The van der Waals surface area contributed by atoms with Crippen molar-refractivity contribution in [3.05, 3.63) is 47.7 Å². The van der Waals surface area contributed by atoms with E-state index in [0.29, 0.717) is 17.5 Å². The van der Waals surface area contributed by atoms with Crippen molar-refractivity contribution in [1.29, 1.82) is 0 Å². The monoisotopic (exact) mass is 483 g/mol. The standard InChI is InChI=1S/C20H20F3N5O4S/c1-30-7-15-12-8-33-19(24)28-20(12,9-31-15)11-4-10(2-3-13(11)21)27-17(29)14-5-26-16(6-25-14)32-18(22)23/h2-6,12,15,18H,7-9H2,1H3,(H2,24,28)(H,27,29)/t12-,15-,20-/m1/s1. The molecule has 1 fully saturated rings. The normalized spacial score (nSPS) is 24.3. The molecule has 4 rings (SSSR count). The van der Waals surface area contributed by atoms with Crippen LogP contribution in [-0.2, 0) is 15.0 Å². The molecule has 1 aromatic carbocycles. The van der Waals surface area contributed by atoms with E-state index in [1.54, 1.807) is 7.11 Å². The Hall–Kier alpha value is -2.90. The number of nitrogens with two attached hydrogens (primary N) is 1. The maximum absolute atomic E-state index is 15.0. The molecule has 0 unspecified atom stereocenters. The predicted molar refractivity (Wildman–Crippen MR) is 114 cm³/mol. The number of aromatic nitrogens is 2. The molecule has 0 bridgehead atoms. The van der Waals surface area contributed by atoms with Gasteiger partial charge in [0.05, 0.1) is 31.7 Å². The predicted octanol–water partition coefficient (Wildman–Crippen LogP) is 2.39. The number of hydrogen-bond donors (Lipinski definition) is 2. The molecule has 33 heavy (non-hydrogen) atoms. The number of nitrogens with zero attached hydrogens (tertiary/aromatic N) is 3. The van der Waals surface area contributed by atoms with Crippen LogP contribution in [0.2, 0.25) is 0 Å². The van der Waals surface area contributed by atoms with Gasteiger partial charge in [-0.05, 0) is 18.2 Å². The van der Waals surface area contributed by atoms with Crippen LogP contribution < -0.4 is 15.8 Å². The number of amides is 1. The summed E-state index contributed by atoms with van der Waals surface area (Å²) in [5.41, 5.74) is 5.30. The fraction of sp³-hybridized carbons (Fsp3) is 0.400. The maximum atomic E-state index is 15.0. The molecule has 1 amide bonds. The Balaban J connectivity index is 1.60. The van der Waals surface area contributed by atoms with Crippen LogP contribution in [0.4, 0.5) is 18.9 Å². The minimum Gasteiger partial charge on any atom is -0.415 e. The molecule has 0 spiro atoms. The first-order chi connectivity index (χ1) is 15.8. The molecule has 0 saturated carbocycles. The van der Waals surface area contributed by atoms with Gasteiger partial charge in [0.2, 0.25) is 5.88 Å². The first-order valence-electron chi connectivity index (χ1n) is 9.79. The molecule has 2 aromatic rings. The summed E-state index contributed by atoms with van der Waals surface area (Å²) < 4.78 is 54.7. The highest BCUT2D eigenvalue weighted by atomic mass is 32.2. The zero-order valence-corrected chi connectivity index (χ0v) is 18.2. The fourth-order valence-electron chi connectivity index (χ4n) is 3.91. The second kappa shape index (κ2) is 9.53. The number of anilines is 1. The number of carbonyl (C=O) groups excluding carboxylic acids is 1. The molecule has 0 aliphatic carbocycles. The molecule has 1 aromatic heterocycles. The Labute approximate surface area is 190 Å². The van der Waals surface area contributed by atoms with Crippen molar-refractivity contribution in [2.24, 2.45) is 16.6 Å². The van der Waals surface area contributed by atoms with E-state index in [4.69, 9.17) is 15.2 Å². The third-order valence-electron chi connectivity index (χ3n) is 5.39. The topological polar surface area (TPSA) is 121 Å². The summed E-state index contributed by atoms with van der Waals surface area (Å²) in [6.45, 7) is -2.62. The van der Waals surface area contributed by atoms with Crippen molar-refractivity contribution in [3.8, 4) is 5.88 Å². The molecule has 3 N–H and O–H groups in total. The molecule has 2 aliphatic rings. The number of rotatable bonds is 7. The molecular weight excluding hydrogens is 463 g/mol. The third-order valence-corrected chi connectivity index (χ3v) is 6.31. The lowest BCUT2D eigenvalue weighted by Gasteiger charge is -2.36. The van der Waals surface area contributed by atoms with E-state index in [-0.39, 0.29) is 35.6 Å². The largest absolute Gasteiger partial charge is 0.415 e. The van der Waals surface area contributed by atoms with E-state index in [2.05, 4.69) is 25.0 Å². The number of aliphatic imine (C=N–C) groups is 1. The van der Waals surface area contributed by atoms with Crippen molar-refractivity contribution in [3.63, 3.8) is 0 Å². The van der Waals surface area contributed by atoms with Crippen LogP contribution in [0.1, 0.15) is 16.1 Å². The number of benzene rings is 1. The van der Waals surface area contributed by atoms with E-state index in [9.17, 15) is 13.6 Å². The summed E-state index contributed by atoms with van der Waals surface area (Å²) in [5.74, 6) is -1.23. The number of methoxy groups -OCH3 is 1. The average molecular weight is 483 g/mol. The zero-order valence-electron chi connectivity index (χ0n) is 17.3. The van der Waals surface area contributed by atoms with Gasteiger partial charge in [-0.2, -0.15) is 8.78 Å². The van der Waals surface area contributed by atoms with E-state index in [1.807, 2.05) is 0 Å². The number of alkyl halides is 2. The SMILES string of the molecule is COC[C@H]1OC[C@]2(c3cc(NC(=O)c4cnc(OC(F)F)cn4)ccc3F)N=C(N)SC[C@H]12. The highest BCUT2D eigenvalue weighted by Gasteiger charge is 2.54. The van der Waals surface area contributed by atoms with E-state index in [1.165, 1.54) is 30.0 Å². The minimum absolute atomic E-state index is 0.109. The summed E-state index contributed by atoms with van der Waals surface area (Å²) in [6, 6.07) is 4.09. The highest BCUT2D eigenvalue weighted by molar-refractivity contribution is 8.13. The van der Waals surface area contributed by atoms with Gasteiger partial charge in [0.1, 0.15) is 17.1 Å². The minimum atomic E-state index is -3.06. The summed E-state index contributed by atoms with van der Waals surface area (Å²) in [7, 11) is 1.56. The van der Waals surface area contributed by atoms with Gasteiger partial charge in [0, 0.05) is 30.0 Å². The first-order valence-corrected chi connectivity index (χ1v) is 10.8. The number of hydrogen-bond acceptors (Lipinski definition) is 9. The van der Waals surface area contributed by atoms with Crippen molar-refractivity contribution in [1.82, 2.24) is 9.97 Å². The van der Waals surface area contributed by atoms with Crippen LogP contribution >= 0.6 is 11.8 Å². The molecule has 0 radical (unpaired) electrons. The second-order valence-corrected chi connectivity index (χ2v) is 8.40. The molecule has 176 valence electrons. The Bertz CT molecular complexity index is 1060. The molecule has 3 heterocycles. The van der Waals surface area contributed by atoms with E-state index in [0.717, 1.165) is 12.4 Å². The summed E-state index contributed by atoms with van der Waals surface area (Å²) in [4.78, 5) is 24.5. The van der Waals surface area contributed by atoms with Gasteiger partial charge < -0.3 is 25.3 Å². The lowest BCUT2D eigenvalue weighted by atomic mass is 9.78. The van der Waals surface area contributed by atoms with Gasteiger partial charge in [-0.1, -0.05) is 11.8 Å². The van der Waals surface area contributed by atoms with Gasteiger partial charge in [0.15, 0.2) is 5.17 Å². The van der Waals surface area contributed by atoms with Crippen LogP contribution in [0.3, 0.4) is 0 Å². The number of thioether (sulfide) groups is 1. The number of amidine groups is 1. The first kappa shape index (κ1) is 23.3. The smallest absolute Gasteiger partial charge is 0.388 e. The van der Waals surface area contributed by atoms with Crippen molar-refractivity contribution < 1.29 is 32.2 Å². The van der Waals surface area contributed by atoms with E-state index < -0.39 is 29.8 Å². The van der Waals surface area contributed by atoms with Crippen LogP contribution in [0.25, 0.3) is 0 Å². The maximum Gasteiger partial charge on any atom is 0.388 e. The van der Waals surface area contributed by atoms with Gasteiger partial charge in [-0.25, -0.2) is 19.4 Å². The van der Waals surface area contributed by atoms with Crippen molar-refractivity contribution >= 4 is 28.5 Å². The molecule has 9 nitrogen and oxygen atoms in total. The lowest BCUT2D eigenvalue weighted by Crippen LogP contribution is -2.43. The number of carbonyl (C=O) groups is 1. The Morgan fingerprint density at radius 1 is 1.39 bits per heavy atom. The van der Waals surface area contributed by atoms with Crippen molar-refractivity contribution in [2.45, 2.75) is 18.3 Å². The fourth-order valence-corrected chi connectivity index (χ4v) is 4.98. The number of ether oxygens (including phenoxy) is 3. The molecule has 2 aliphatic heterocycles. The third kappa shape index (κ3) is 4.75. The van der Waals surface area contributed by atoms with Crippen LogP contribution in [0, 0.1) is 11.7 Å². The number of halogens is 3. The summed E-state index contributed by atoms with van der Waals surface area (Å²) >= 11 is 1.37. The zero-order chi connectivity index (χ0) is 23.6. The van der Waals surface area contributed by atoms with Crippen molar-refractivity contribution in [2.75, 3.05) is 31.4 Å². The van der Waals surface area contributed by atoms with Crippen LogP contribution in [-0.4, -0.2) is 59.8 Å². The Kier molecular flexibility index (Phi) is 6.72. The van der Waals surface area contributed by atoms with Crippen LogP contribution in [0.15, 0.2) is 35.6 Å². The average Bonchev–Trinajstić information content (AvgIpc) is 3.13. The lowest BCUT2D eigenvalue weighted by molar-refractivity contribution is -0.0531. The molecule has 13 heteroatoms. The number of fused-ring (bicyclic) bond motifs is 1. The quantitative estimate of drug-likeness (QED) is 0.616. The Morgan fingerprint density at radius 3 is 2.91 bits per heavy atom. The molecule has 3 atom stereocenters. The van der Waals surface area contributed by atoms with Gasteiger partial charge in [0.25, 0.3) is 5.91 Å². The van der Waals surface area contributed by atoms with E-state index >= 15 is 4.39 Å². The summed E-state index contributed by atoms with van der Waals surface area (Å²) in [6.07, 6.45) is 1.61. The van der Waals surface area contributed by atoms with Crippen LogP contribution in [0.5, 0.6) is 5.88 Å². The summed E-state index contributed by atoms with van der Waals surface area (Å²) in [5, 5.41) is 2.92. The second-order valence-electron chi connectivity index (χ2n) is 7.36. The van der Waals surface area contributed by atoms with Gasteiger partial charge in [-0.3, -0.25) is 4.79 Å². The highest BCUT2D eigenvalue weighted by Crippen LogP contribution is 2.48.